The standard InChI is InChI=1S/C16H22OS/c1-2-3-4-5-7-12-16(13-14-17)18-15-10-8-6-9-11-15/h6,8-12,14H,2-5,7,13H2,1H3/b16-12-. The molecule has 0 N–H and O–H groups in total. The van der Waals surface area contributed by atoms with Crippen molar-refractivity contribution in [2.24, 2.45) is 0 Å². The van der Waals surface area contributed by atoms with Gasteiger partial charge < -0.3 is 4.79 Å². The fraction of sp³-hybridized carbons (Fsp3) is 0.438. The minimum Gasteiger partial charge on any atom is -0.303 e. The number of carbonyl (C=O) groups is 1. The van der Waals surface area contributed by atoms with Crippen molar-refractivity contribution in [3.63, 3.8) is 0 Å². The van der Waals surface area contributed by atoms with Crippen LogP contribution in [0.2, 0.25) is 0 Å². The van der Waals surface area contributed by atoms with E-state index in [4.69, 9.17) is 0 Å². The number of rotatable bonds is 9. The summed E-state index contributed by atoms with van der Waals surface area (Å²) in [5.41, 5.74) is 0. The zero-order valence-electron chi connectivity index (χ0n) is 11.1. The summed E-state index contributed by atoms with van der Waals surface area (Å²) < 4.78 is 0. The van der Waals surface area contributed by atoms with E-state index < -0.39 is 0 Å². The number of unbranched alkanes of at least 4 members (excludes halogenated alkanes) is 4. The molecule has 0 spiro atoms. The van der Waals surface area contributed by atoms with Crippen LogP contribution in [0.5, 0.6) is 0 Å². The number of hydrogen-bond acceptors (Lipinski definition) is 2. The first kappa shape index (κ1) is 15.0. The molecule has 0 bridgehead atoms. The highest BCUT2D eigenvalue weighted by Gasteiger charge is 1.99. The van der Waals surface area contributed by atoms with Gasteiger partial charge in [-0.25, -0.2) is 0 Å². The molecule has 1 rings (SSSR count). The summed E-state index contributed by atoms with van der Waals surface area (Å²) in [5, 5.41) is 0. The van der Waals surface area contributed by atoms with Crippen LogP contribution in [-0.4, -0.2) is 6.29 Å². The van der Waals surface area contributed by atoms with E-state index >= 15 is 0 Å². The number of benzene rings is 1. The highest BCUT2D eigenvalue weighted by Crippen LogP contribution is 2.28. The van der Waals surface area contributed by atoms with Crippen LogP contribution >= 0.6 is 11.8 Å². The predicted molar refractivity (Wildman–Crippen MR) is 79.8 cm³/mol. The van der Waals surface area contributed by atoms with Gasteiger partial charge in [0.25, 0.3) is 0 Å². The van der Waals surface area contributed by atoms with Crippen molar-refractivity contribution in [2.45, 2.75) is 50.3 Å². The lowest BCUT2D eigenvalue weighted by atomic mass is 10.1. The second-order valence-corrected chi connectivity index (χ2v) is 5.51. The first-order chi connectivity index (χ1) is 8.86. The third-order valence-corrected chi connectivity index (χ3v) is 3.81. The Hall–Kier alpha value is -1.02. The molecule has 0 aromatic heterocycles. The predicted octanol–water partition coefficient (Wildman–Crippen LogP) is 5.22. The lowest BCUT2D eigenvalue weighted by Gasteiger charge is -2.04. The van der Waals surface area contributed by atoms with Gasteiger partial charge in [0.2, 0.25) is 0 Å². The van der Waals surface area contributed by atoms with Crippen molar-refractivity contribution in [1.82, 2.24) is 0 Å². The fourth-order valence-corrected chi connectivity index (χ4v) is 2.67. The Bertz CT molecular complexity index is 357. The number of allylic oxidation sites excluding steroid dienone is 2. The summed E-state index contributed by atoms with van der Waals surface area (Å²) >= 11 is 1.71. The highest BCUT2D eigenvalue weighted by molar-refractivity contribution is 8.03. The van der Waals surface area contributed by atoms with E-state index in [0.29, 0.717) is 6.42 Å². The van der Waals surface area contributed by atoms with Gasteiger partial charge >= 0.3 is 0 Å². The molecule has 0 heterocycles. The van der Waals surface area contributed by atoms with E-state index in [-0.39, 0.29) is 0 Å². The lowest BCUT2D eigenvalue weighted by molar-refractivity contribution is -0.107. The normalized spacial score (nSPS) is 11.5. The van der Waals surface area contributed by atoms with Crippen molar-refractivity contribution in [2.75, 3.05) is 0 Å². The highest BCUT2D eigenvalue weighted by atomic mass is 32.2. The van der Waals surface area contributed by atoms with E-state index in [1.54, 1.807) is 11.8 Å². The Morgan fingerprint density at radius 3 is 2.61 bits per heavy atom. The van der Waals surface area contributed by atoms with Gasteiger partial charge in [0.15, 0.2) is 0 Å². The maximum absolute atomic E-state index is 10.7. The number of thioether (sulfide) groups is 1. The first-order valence-corrected chi connectivity index (χ1v) is 7.54. The minimum atomic E-state index is 0.535. The van der Waals surface area contributed by atoms with Crippen LogP contribution in [0, 0.1) is 0 Å². The zero-order chi connectivity index (χ0) is 13.1. The first-order valence-electron chi connectivity index (χ1n) is 6.72. The quantitative estimate of drug-likeness (QED) is 0.345. The SMILES string of the molecule is CCCCCC/C=C(/CC=O)Sc1ccccc1. The lowest BCUT2D eigenvalue weighted by Crippen LogP contribution is -1.82. The van der Waals surface area contributed by atoms with Gasteiger partial charge in [-0.1, -0.05) is 62.2 Å². The van der Waals surface area contributed by atoms with Crippen LogP contribution in [0.25, 0.3) is 0 Å². The smallest absolute Gasteiger partial charge is 0.124 e. The summed E-state index contributed by atoms with van der Waals surface area (Å²) in [5.74, 6) is 0. The number of carbonyl (C=O) groups excluding carboxylic acids is 1. The molecular formula is C16H22OS. The summed E-state index contributed by atoms with van der Waals surface area (Å²) in [7, 11) is 0. The van der Waals surface area contributed by atoms with Gasteiger partial charge in [0.1, 0.15) is 6.29 Å². The molecule has 18 heavy (non-hydrogen) atoms. The van der Waals surface area contributed by atoms with Gasteiger partial charge in [0.05, 0.1) is 0 Å². The van der Waals surface area contributed by atoms with Gasteiger partial charge in [-0.15, -0.1) is 0 Å². The average molecular weight is 262 g/mol. The Balaban J connectivity index is 2.43. The monoisotopic (exact) mass is 262 g/mol. The van der Waals surface area contributed by atoms with E-state index in [1.807, 2.05) is 18.2 Å². The molecule has 0 radical (unpaired) electrons. The molecule has 1 nitrogen and oxygen atoms in total. The van der Waals surface area contributed by atoms with Crippen molar-refractivity contribution in [3.8, 4) is 0 Å². The molecule has 0 aliphatic carbocycles. The van der Waals surface area contributed by atoms with Crippen molar-refractivity contribution in [3.05, 3.63) is 41.3 Å². The molecule has 0 fully saturated rings. The molecule has 0 unspecified atom stereocenters. The van der Waals surface area contributed by atoms with Crippen molar-refractivity contribution in [1.29, 1.82) is 0 Å². The molecule has 0 aliphatic rings. The molecule has 0 saturated heterocycles. The molecule has 1 aromatic rings. The summed E-state index contributed by atoms with van der Waals surface area (Å²) in [4.78, 5) is 13.1. The largest absolute Gasteiger partial charge is 0.303 e. The summed E-state index contributed by atoms with van der Waals surface area (Å²) in [6.45, 7) is 2.22. The zero-order valence-corrected chi connectivity index (χ0v) is 11.9. The second-order valence-electron chi connectivity index (χ2n) is 4.31. The molecule has 0 saturated carbocycles. The molecule has 1 aromatic carbocycles. The van der Waals surface area contributed by atoms with Crippen LogP contribution in [0.4, 0.5) is 0 Å². The Labute approximate surface area is 115 Å². The van der Waals surface area contributed by atoms with Gasteiger partial charge in [-0.3, -0.25) is 0 Å². The second kappa shape index (κ2) is 9.95. The molecule has 0 aliphatic heterocycles. The summed E-state index contributed by atoms with van der Waals surface area (Å²) in [6.07, 6.45) is 9.93. The maximum Gasteiger partial charge on any atom is 0.124 e. The third kappa shape index (κ3) is 6.65. The fourth-order valence-electron chi connectivity index (χ4n) is 1.72. The van der Waals surface area contributed by atoms with Crippen LogP contribution < -0.4 is 0 Å². The molecule has 0 amide bonds. The van der Waals surface area contributed by atoms with Crippen LogP contribution in [-0.2, 0) is 4.79 Å². The van der Waals surface area contributed by atoms with Gasteiger partial charge in [-0.2, -0.15) is 0 Å². The Morgan fingerprint density at radius 1 is 1.17 bits per heavy atom. The molecular weight excluding hydrogens is 240 g/mol. The molecule has 2 heteroatoms. The van der Waals surface area contributed by atoms with E-state index in [1.165, 1.54) is 35.5 Å². The molecule has 98 valence electrons. The average Bonchev–Trinajstić information content (AvgIpc) is 2.40. The maximum atomic E-state index is 10.7. The minimum absolute atomic E-state index is 0.535. The van der Waals surface area contributed by atoms with Crippen LogP contribution in [0.1, 0.15) is 45.4 Å². The topological polar surface area (TPSA) is 17.1 Å². The Morgan fingerprint density at radius 2 is 1.94 bits per heavy atom. The van der Waals surface area contributed by atoms with E-state index in [9.17, 15) is 4.79 Å². The molecule has 0 atom stereocenters. The van der Waals surface area contributed by atoms with Crippen molar-refractivity contribution < 1.29 is 4.79 Å². The van der Waals surface area contributed by atoms with Gasteiger partial charge in [0, 0.05) is 11.3 Å². The van der Waals surface area contributed by atoms with E-state index in [2.05, 4.69) is 25.1 Å². The van der Waals surface area contributed by atoms with Gasteiger partial charge in [-0.05, 0) is 29.9 Å². The van der Waals surface area contributed by atoms with Crippen LogP contribution in [0.3, 0.4) is 0 Å². The van der Waals surface area contributed by atoms with Crippen LogP contribution in [0.15, 0.2) is 46.2 Å². The van der Waals surface area contributed by atoms with E-state index in [0.717, 1.165) is 12.7 Å². The number of hydrogen-bond donors (Lipinski definition) is 0. The summed E-state index contributed by atoms with van der Waals surface area (Å²) in [6, 6.07) is 10.2. The number of aldehydes is 1. The Kier molecular flexibility index (Phi) is 8.32. The van der Waals surface area contributed by atoms with Crippen molar-refractivity contribution >= 4 is 18.0 Å². The third-order valence-electron chi connectivity index (χ3n) is 2.71.